The Balaban J connectivity index is 1.86. The van der Waals surface area contributed by atoms with Crippen molar-refractivity contribution in [2.24, 2.45) is 0 Å². The van der Waals surface area contributed by atoms with Crippen LogP contribution in [0.4, 0.5) is 5.69 Å². The van der Waals surface area contributed by atoms with Crippen LogP contribution in [0.5, 0.6) is 5.75 Å². The molecule has 92 valence electrons. The van der Waals surface area contributed by atoms with Gasteiger partial charge in [-0.15, -0.1) is 0 Å². The zero-order valence-electron chi connectivity index (χ0n) is 10.1. The third kappa shape index (κ3) is 2.16. The van der Waals surface area contributed by atoms with Gasteiger partial charge in [-0.1, -0.05) is 29.8 Å². The highest BCUT2D eigenvalue weighted by molar-refractivity contribution is 6.30. The lowest BCUT2D eigenvalue weighted by Gasteiger charge is -2.28. The minimum absolute atomic E-state index is 0.178. The summed E-state index contributed by atoms with van der Waals surface area (Å²) in [4.78, 5) is 0. The van der Waals surface area contributed by atoms with E-state index in [2.05, 4.69) is 30.4 Å². The normalized spacial score (nSPS) is 17.6. The molecular weight excluding hydrogens is 246 g/mol. The Morgan fingerprint density at radius 3 is 2.72 bits per heavy atom. The second-order valence-corrected chi connectivity index (χ2v) is 5.00. The van der Waals surface area contributed by atoms with Gasteiger partial charge in [0.2, 0.25) is 0 Å². The Morgan fingerprint density at radius 2 is 1.94 bits per heavy atom. The topological polar surface area (TPSA) is 21.3 Å². The molecule has 2 aromatic carbocycles. The second-order valence-electron chi connectivity index (χ2n) is 4.56. The minimum Gasteiger partial charge on any atom is -0.489 e. The van der Waals surface area contributed by atoms with Crippen molar-refractivity contribution in [3.05, 3.63) is 58.6 Å². The van der Waals surface area contributed by atoms with Crippen LogP contribution in [0.2, 0.25) is 5.02 Å². The molecule has 18 heavy (non-hydrogen) atoms. The van der Waals surface area contributed by atoms with Crippen LogP contribution in [0.3, 0.4) is 0 Å². The van der Waals surface area contributed by atoms with Crippen molar-refractivity contribution < 1.29 is 4.74 Å². The molecule has 0 aliphatic carbocycles. The fraction of sp³-hybridized carbons (Fsp3) is 0.200. The molecular formula is C15H14ClNO. The number of nitrogens with one attached hydrogen (secondary N) is 1. The summed E-state index contributed by atoms with van der Waals surface area (Å²) in [5, 5.41) is 4.25. The molecule has 2 nitrogen and oxygen atoms in total. The smallest absolute Gasteiger partial charge is 0.142 e. The standard InChI is InChI=1S/C15H14ClNO/c1-10-2-7-13-15(8-10)18-9-14(17-13)11-3-5-12(16)6-4-11/h2-8,14,17H,9H2,1H3/t14-/m1/s1. The van der Waals surface area contributed by atoms with E-state index in [1.165, 1.54) is 11.1 Å². The Hall–Kier alpha value is -1.67. The van der Waals surface area contributed by atoms with E-state index < -0.39 is 0 Å². The van der Waals surface area contributed by atoms with Gasteiger partial charge in [-0.3, -0.25) is 0 Å². The first-order chi connectivity index (χ1) is 8.72. The van der Waals surface area contributed by atoms with E-state index >= 15 is 0 Å². The van der Waals surface area contributed by atoms with Gasteiger partial charge < -0.3 is 10.1 Å². The van der Waals surface area contributed by atoms with Crippen molar-refractivity contribution in [2.45, 2.75) is 13.0 Å². The Bertz CT molecular complexity index is 565. The van der Waals surface area contributed by atoms with Crippen molar-refractivity contribution in [3.63, 3.8) is 0 Å². The number of benzene rings is 2. The third-order valence-corrected chi connectivity index (χ3v) is 3.40. The van der Waals surface area contributed by atoms with E-state index in [0.29, 0.717) is 6.61 Å². The van der Waals surface area contributed by atoms with Crippen LogP contribution in [0, 0.1) is 6.92 Å². The maximum absolute atomic E-state index is 5.90. The molecule has 0 unspecified atom stereocenters. The van der Waals surface area contributed by atoms with E-state index in [0.717, 1.165) is 16.5 Å². The van der Waals surface area contributed by atoms with Crippen LogP contribution in [0.15, 0.2) is 42.5 Å². The Morgan fingerprint density at radius 1 is 1.17 bits per heavy atom. The summed E-state index contributed by atoms with van der Waals surface area (Å²) < 4.78 is 5.81. The summed E-state index contributed by atoms with van der Waals surface area (Å²) >= 11 is 5.90. The highest BCUT2D eigenvalue weighted by atomic mass is 35.5. The summed E-state index contributed by atoms with van der Waals surface area (Å²) in [6, 6.07) is 14.3. The summed E-state index contributed by atoms with van der Waals surface area (Å²) in [7, 11) is 0. The largest absolute Gasteiger partial charge is 0.489 e. The van der Waals surface area contributed by atoms with Gasteiger partial charge in [0.25, 0.3) is 0 Å². The summed E-state index contributed by atoms with van der Waals surface area (Å²) in [5.74, 6) is 0.931. The number of fused-ring (bicyclic) bond motifs is 1. The maximum Gasteiger partial charge on any atom is 0.142 e. The van der Waals surface area contributed by atoms with Gasteiger partial charge in [0.05, 0.1) is 11.7 Å². The van der Waals surface area contributed by atoms with Crippen molar-refractivity contribution in [2.75, 3.05) is 11.9 Å². The molecule has 0 spiro atoms. The summed E-state index contributed by atoms with van der Waals surface area (Å²) in [6.07, 6.45) is 0. The van der Waals surface area contributed by atoms with Crippen molar-refractivity contribution in [1.29, 1.82) is 0 Å². The number of aryl methyl sites for hydroxylation is 1. The van der Waals surface area contributed by atoms with Crippen LogP contribution >= 0.6 is 11.6 Å². The number of hydrogen-bond donors (Lipinski definition) is 1. The highest BCUT2D eigenvalue weighted by Gasteiger charge is 2.20. The number of halogens is 1. The molecule has 1 atom stereocenters. The molecule has 1 N–H and O–H groups in total. The molecule has 0 aromatic heterocycles. The molecule has 1 aliphatic rings. The monoisotopic (exact) mass is 259 g/mol. The van der Waals surface area contributed by atoms with Gasteiger partial charge in [-0.05, 0) is 42.3 Å². The van der Waals surface area contributed by atoms with Gasteiger partial charge in [0.1, 0.15) is 12.4 Å². The number of rotatable bonds is 1. The quantitative estimate of drug-likeness (QED) is 0.829. The predicted molar refractivity (Wildman–Crippen MR) is 74.5 cm³/mol. The molecule has 2 aromatic rings. The summed E-state index contributed by atoms with van der Waals surface area (Å²) in [6.45, 7) is 2.70. The first kappa shape index (κ1) is 11.4. The zero-order chi connectivity index (χ0) is 12.5. The van der Waals surface area contributed by atoms with Crippen LogP contribution < -0.4 is 10.1 Å². The number of anilines is 1. The molecule has 0 amide bonds. The third-order valence-electron chi connectivity index (χ3n) is 3.14. The maximum atomic E-state index is 5.90. The van der Waals surface area contributed by atoms with E-state index in [4.69, 9.17) is 16.3 Å². The van der Waals surface area contributed by atoms with Crippen LogP contribution in [0.25, 0.3) is 0 Å². The number of ether oxygens (including phenoxy) is 1. The lowest BCUT2D eigenvalue weighted by Crippen LogP contribution is -2.23. The van der Waals surface area contributed by atoms with E-state index in [9.17, 15) is 0 Å². The molecule has 0 saturated heterocycles. The molecule has 0 fully saturated rings. The van der Waals surface area contributed by atoms with Gasteiger partial charge in [-0.2, -0.15) is 0 Å². The first-order valence-corrected chi connectivity index (χ1v) is 6.35. The zero-order valence-corrected chi connectivity index (χ0v) is 10.9. The van der Waals surface area contributed by atoms with E-state index in [-0.39, 0.29) is 6.04 Å². The van der Waals surface area contributed by atoms with Crippen LogP contribution in [-0.2, 0) is 0 Å². The molecule has 1 aliphatic heterocycles. The van der Waals surface area contributed by atoms with Gasteiger partial charge in [-0.25, -0.2) is 0 Å². The highest BCUT2D eigenvalue weighted by Crippen LogP contribution is 2.34. The lowest BCUT2D eigenvalue weighted by atomic mass is 10.1. The Kier molecular flexibility index (Phi) is 2.88. The molecule has 0 saturated carbocycles. The second kappa shape index (κ2) is 4.54. The van der Waals surface area contributed by atoms with Crippen molar-refractivity contribution >= 4 is 17.3 Å². The minimum atomic E-state index is 0.178. The summed E-state index contributed by atoms with van der Waals surface area (Å²) in [5.41, 5.74) is 3.44. The lowest BCUT2D eigenvalue weighted by molar-refractivity contribution is 0.286. The SMILES string of the molecule is Cc1ccc2c(c1)OC[C@H](c1ccc(Cl)cc1)N2. The van der Waals surface area contributed by atoms with E-state index in [1.807, 2.05) is 24.3 Å². The van der Waals surface area contributed by atoms with Crippen LogP contribution in [0.1, 0.15) is 17.2 Å². The predicted octanol–water partition coefficient (Wildman–Crippen LogP) is 4.19. The van der Waals surface area contributed by atoms with Crippen molar-refractivity contribution in [3.8, 4) is 5.75 Å². The molecule has 0 radical (unpaired) electrons. The van der Waals surface area contributed by atoms with Gasteiger partial charge in [0, 0.05) is 5.02 Å². The Labute approximate surface area is 112 Å². The fourth-order valence-electron chi connectivity index (χ4n) is 2.15. The number of hydrogen-bond acceptors (Lipinski definition) is 2. The molecule has 0 bridgehead atoms. The van der Waals surface area contributed by atoms with Crippen LogP contribution in [-0.4, -0.2) is 6.61 Å². The first-order valence-electron chi connectivity index (χ1n) is 5.98. The fourth-order valence-corrected chi connectivity index (χ4v) is 2.27. The van der Waals surface area contributed by atoms with Gasteiger partial charge in [0.15, 0.2) is 0 Å². The average Bonchev–Trinajstić information content (AvgIpc) is 2.39. The molecule has 3 rings (SSSR count). The van der Waals surface area contributed by atoms with Crippen molar-refractivity contribution in [1.82, 2.24) is 0 Å². The molecule has 3 heteroatoms. The average molecular weight is 260 g/mol. The van der Waals surface area contributed by atoms with Gasteiger partial charge >= 0.3 is 0 Å². The molecule has 1 heterocycles. The van der Waals surface area contributed by atoms with E-state index in [1.54, 1.807) is 0 Å².